The quantitative estimate of drug-likeness (QED) is 0.857. The summed E-state index contributed by atoms with van der Waals surface area (Å²) >= 11 is 0. The number of rotatable bonds is 2. The maximum atomic E-state index is 13.1. The van der Waals surface area contributed by atoms with Crippen LogP contribution in [-0.4, -0.2) is 35.5 Å². The molecule has 0 saturated carbocycles. The van der Waals surface area contributed by atoms with Crippen molar-refractivity contribution in [2.75, 3.05) is 18.0 Å². The lowest BCUT2D eigenvalue weighted by atomic mass is 10.1. The molecule has 1 aromatic heterocycles. The van der Waals surface area contributed by atoms with Gasteiger partial charge in [-0.1, -0.05) is 13.8 Å². The van der Waals surface area contributed by atoms with Crippen molar-refractivity contribution < 1.29 is 9.50 Å². The number of hydrogen-bond donors (Lipinski definition) is 1. The molecule has 0 amide bonds. The standard InChI is InChI=1S/C13H19FN2O/c1-9(2)12-4-3-10(7-15-12)16-6-5-11(14)13(17)8-16/h3-4,7,9,11,13,17H,5-6,8H2,1-2H3. The molecule has 2 rings (SSSR count). The second-order valence-electron chi connectivity index (χ2n) is 4.91. The summed E-state index contributed by atoms with van der Waals surface area (Å²) in [4.78, 5) is 6.36. The van der Waals surface area contributed by atoms with Crippen LogP contribution in [0.2, 0.25) is 0 Å². The van der Waals surface area contributed by atoms with Gasteiger partial charge in [-0.15, -0.1) is 0 Å². The third-order valence-electron chi connectivity index (χ3n) is 3.23. The molecule has 0 aliphatic carbocycles. The van der Waals surface area contributed by atoms with E-state index in [-0.39, 0.29) is 0 Å². The van der Waals surface area contributed by atoms with Gasteiger partial charge in [0.1, 0.15) is 12.3 Å². The highest BCUT2D eigenvalue weighted by Gasteiger charge is 2.27. The van der Waals surface area contributed by atoms with Crippen LogP contribution in [0.15, 0.2) is 18.3 Å². The number of pyridine rings is 1. The molecule has 0 radical (unpaired) electrons. The lowest BCUT2D eigenvalue weighted by molar-refractivity contribution is 0.0645. The fourth-order valence-corrected chi connectivity index (χ4v) is 2.06. The van der Waals surface area contributed by atoms with Crippen molar-refractivity contribution in [1.29, 1.82) is 0 Å². The van der Waals surface area contributed by atoms with Crippen molar-refractivity contribution in [2.45, 2.75) is 38.5 Å². The molecule has 0 spiro atoms. The molecule has 1 aliphatic heterocycles. The monoisotopic (exact) mass is 238 g/mol. The SMILES string of the molecule is CC(C)c1ccc(N2CCC(F)C(O)C2)cn1. The topological polar surface area (TPSA) is 36.4 Å². The second-order valence-corrected chi connectivity index (χ2v) is 4.91. The van der Waals surface area contributed by atoms with Gasteiger partial charge in [-0.3, -0.25) is 4.98 Å². The third-order valence-corrected chi connectivity index (χ3v) is 3.23. The number of hydrogen-bond acceptors (Lipinski definition) is 3. The van der Waals surface area contributed by atoms with E-state index in [9.17, 15) is 9.50 Å². The Morgan fingerprint density at radius 3 is 2.76 bits per heavy atom. The molecule has 94 valence electrons. The van der Waals surface area contributed by atoms with E-state index in [1.54, 1.807) is 6.20 Å². The predicted octanol–water partition coefficient (Wildman–Crippen LogP) is 2.11. The Morgan fingerprint density at radius 1 is 1.47 bits per heavy atom. The summed E-state index contributed by atoms with van der Waals surface area (Å²) in [5.41, 5.74) is 2.01. The number of nitrogens with zero attached hydrogens (tertiary/aromatic N) is 2. The Kier molecular flexibility index (Phi) is 3.62. The second kappa shape index (κ2) is 5.00. The largest absolute Gasteiger partial charge is 0.388 e. The Labute approximate surface area is 101 Å². The van der Waals surface area contributed by atoms with E-state index in [1.807, 2.05) is 17.0 Å². The zero-order chi connectivity index (χ0) is 12.4. The lowest BCUT2D eigenvalue weighted by Crippen LogP contribution is -2.45. The zero-order valence-electron chi connectivity index (χ0n) is 10.3. The number of alkyl halides is 1. The van der Waals surface area contributed by atoms with Crippen molar-refractivity contribution in [3.05, 3.63) is 24.0 Å². The van der Waals surface area contributed by atoms with Gasteiger partial charge in [0.25, 0.3) is 0 Å². The first-order valence-corrected chi connectivity index (χ1v) is 6.11. The van der Waals surface area contributed by atoms with Crippen LogP contribution in [0.4, 0.5) is 10.1 Å². The summed E-state index contributed by atoms with van der Waals surface area (Å²) in [5.74, 6) is 0.409. The van der Waals surface area contributed by atoms with Crippen LogP contribution in [0.5, 0.6) is 0 Å². The fourth-order valence-electron chi connectivity index (χ4n) is 2.06. The average Bonchev–Trinajstić information content (AvgIpc) is 2.33. The first-order chi connectivity index (χ1) is 8.08. The molecule has 4 heteroatoms. The van der Waals surface area contributed by atoms with Crippen LogP contribution in [-0.2, 0) is 0 Å². The zero-order valence-corrected chi connectivity index (χ0v) is 10.3. The van der Waals surface area contributed by atoms with Gasteiger partial charge in [0.05, 0.1) is 11.9 Å². The van der Waals surface area contributed by atoms with Gasteiger partial charge in [0.15, 0.2) is 0 Å². The molecule has 2 unspecified atom stereocenters. The van der Waals surface area contributed by atoms with Crippen LogP contribution in [0.25, 0.3) is 0 Å². The van der Waals surface area contributed by atoms with Crippen molar-refractivity contribution in [2.24, 2.45) is 0 Å². The third kappa shape index (κ3) is 2.75. The molecule has 1 aliphatic rings. The fraction of sp³-hybridized carbons (Fsp3) is 0.615. The van der Waals surface area contributed by atoms with Crippen molar-refractivity contribution >= 4 is 5.69 Å². The smallest absolute Gasteiger partial charge is 0.129 e. The van der Waals surface area contributed by atoms with E-state index in [4.69, 9.17) is 0 Å². The number of anilines is 1. The average molecular weight is 238 g/mol. The highest BCUT2D eigenvalue weighted by atomic mass is 19.1. The minimum Gasteiger partial charge on any atom is -0.388 e. The summed E-state index contributed by atoms with van der Waals surface area (Å²) in [6.45, 7) is 5.19. The molecule has 1 N–H and O–H groups in total. The van der Waals surface area contributed by atoms with Gasteiger partial charge in [-0.05, 0) is 24.5 Å². The van der Waals surface area contributed by atoms with E-state index in [0.29, 0.717) is 25.4 Å². The van der Waals surface area contributed by atoms with Gasteiger partial charge in [0, 0.05) is 18.8 Å². The normalized spacial score (nSPS) is 25.4. The van der Waals surface area contributed by atoms with E-state index < -0.39 is 12.3 Å². The van der Waals surface area contributed by atoms with Gasteiger partial charge in [0.2, 0.25) is 0 Å². The molecule has 0 aromatic carbocycles. The van der Waals surface area contributed by atoms with Crippen LogP contribution in [0, 0.1) is 0 Å². The Morgan fingerprint density at radius 2 is 2.24 bits per heavy atom. The molecule has 0 bridgehead atoms. The van der Waals surface area contributed by atoms with Crippen LogP contribution in [0.3, 0.4) is 0 Å². The molecule has 2 atom stereocenters. The number of aromatic nitrogens is 1. The molecule has 3 nitrogen and oxygen atoms in total. The van der Waals surface area contributed by atoms with Gasteiger partial charge < -0.3 is 10.0 Å². The minimum absolute atomic E-state index is 0.351. The summed E-state index contributed by atoms with van der Waals surface area (Å²) < 4.78 is 13.1. The number of halogens is 1. The predicted molar refractivity (Wildman–Crippen MR) is 66.1 cm³/mol. The number of aliphatic hydroxyl groups is 1. The van der Waals surface area contributed by atoms with Crippen LogP contribution >= 0.6 is 0 Å². The summed E-state index contributed by atoms with van der Waals surface area (Å²) in [5, 5.41) is 9.52. The Balaban J connectivity index is 2.07. The molecule has 1 saturated heterocycles. The summed E-state index contributed by atoms with van der Waals surface area (Å²) in [7, 11) is 0. The molecule has 1 aromatic rings. The van der Waals surface area contributed by atoms with E-state index >= 15 is 0 Å². The van der Waals surface area contributed by atoms with Crippen molar-refractivity contribution in [3.8, 4) is 0 Å². The maximum absolute atomic E-state index is 13.1. The van der Waals surface area contributed by atoms with E-state index in [2.05, 4.69) is 18.8 Å². The van der Waals surface area contributed by atoms with Gasteiger partial charge in [-0.25, -0.2) is 4.39 Å². The highest BCUT2D eigenvalue weighted by Crippen LogP contribution is 2.22. The van der Waals surface area contributed by atoms with Crippen LogP contribution < -0.4 is 4.90 Å². The number of piperidine rings is 1. The summed E-state index contributed by atoms with van der Waals surface area (Å²) in [6, 6.07) is 3.99. The van der Waals surface area contributed by atoms with E-state index in [1.165, 1.54) is 0 Å². The van der Waals surface area contributed by atoms with Crippen molar-refractivity contribution in [1.82, 2.24) is 4.98 Å². The first-order valence-electron chi connectivity index (χ1n) is 6.11. The van der Waals surface area contributed by atoms with Crippen LogP contribution in [0.1, 0.15) is 31.9 Å². The van der Waals surface area contributed by atoms with E-state index in [0.717, 1.165) is 11.4 Å². The summed E-state index contributed by atoms with van der Waals surface area (Å²) in [6.07, 6.45) is 0.218. The first kappa shape index (κ1) is 12.3. The van der Waals surface area contributed by atoms with Gasteiger partial charge >= 0.3 is 0 Å². The highest BCUT2D eigenvalue weighted by molar-refractivity contribution is 5.45. The number of aliphatic hydroxyl groups excluding tert-OH is 1. The minimum atomic E-state index is -1.09. The Bertz CT molecular complexity index is 366. The Hall–Kier alpha value is -1.16. The molecule has 1 fully saturated rings. The maximum Gasteiger partial charge on any atom is 0.129 e. The molecule has 2 heterocycles. The lowest BCUT2D eigenvalue weighted by Gasteiger charge is -2.33. The van der Waals surface area contributed by atoms with Crippen molar-refractivity contribution in [3.63, 3.8) is 0 Å². The number of β-amino-alcohol motifs (C(OH)–C–C–N with tert-alkyl or cyclic N) is 1. The molecule has 17 heavy (non-hydrogen) atoms. The van der Waals surface area contributed by atoms with Gasteiger partial charge in [-0.2, -0.15) is 0 Å². The molecular weight excluding hydrogens is 219 g/mol. The molecular formula is C13H19FN2O.